The molecule has 10 heavy (non-hydrogen) atoms. The first-order valence-electron chi connectivity index (χ1n) is 3.01. The molecule has 0 amide bonds. The topological polar surface area (TPSA) is 57.2 Å². The minimum Gasteiger partial charge on any atom is -0.357 e. The van der Waals surface area contributed by atoms with Gasteiger partial charge in [-0.15, -0.1) is 0 Å². The molecule has 0 saturated carbocycles. The van der Waals surface area contributed by atoms with E-state index in [2.05, 4.69) is 15.6 Å². The van der Waals surface area contributed by atoms with Gasteiger partial charge in [0, 0.05) is 6.20 Å². The average Bonchev–Trinajstić information content (AvgIpc) is 2.27. The highest BCUT2D eigenvalue weighted by Gasteiger charge is 2.14. The van der Waals surface area contributed by atoms with Crippen molar-refractivity contribution >= 4 is 11.4 Å². The third-order valence-electron chi connectivity index (χ3n) is 1.41. The SMILES string of the molecule is OC1Nc2ccncc2N1. The van der Waals surface area contributed by atoms with Gasteiger partial charge in [-0.2, -0.15) is 0 Å². The van der Waals surface area contributed by atoms with E-state index in [4.69, 9.17) is 5.11 Å². The summed E-state index contributed by atoms with van der Waals surface area (Å²) in [4.78, 5) is 3.88. The Labute approximate surface area is 57.9 Å². The van der Waals surface area contributed by atoms with E-state index in [1.54, 1.807) is 18.5 Å². The molecule has 3 N–H and O–H groups in total. The van der Waals surface area contributed by atoms with Crippen molar-refractivity contribution in [3.8, 4) is 0 Å². The monoisotopic (exact) mass is 137 g/mol. The molecule has 52 valence electrons. The molecule has 4 nitrogen and oxygen atoms in total. The van der Waals surface area contributed by atoms with Crippen LogP contribution in [0.25, 0.3) is 0 Å². The smallest absolute Gasteiger partial charge is 0.203 e. The van der Waals surface area contributed by atoms with Crippen molar-refractivity contribution in [1.29, 1.82) is 0 Å². The lowest BCUT2D eigenvalue weighted by molar-refractivity contribution is 0.238. The Morgan fingerprint density at radius 3 is 3.00 bits per heavy atom. The maximum Gasteiger partial charge on any atom is 0.203 e. The van der Waals surface area contributed by atoms with Gasteiger partial charge in [-0.1, -0.05) is 0 Å². The largest absolute Gasteiger partial charge is 0.357 e. The summed E-state index contributed by atoms with van der Waals surface area (Å²) in [7, 11) is 0. The number of fused-ring (bicyclic) bond motifs is 1. The Kier molecular flexibility index (Phi) is 1.01. The van der Waals surface area contributed by atoms with E-state index in [0.29, 0.717) is 0 Å². The second-order valence-corrected chi connectivity index (χ2v) is 2.11. The second kappa shape index (κ2) is 1.85. The standard InChI is InChI=1S/C6H7N3O/c10-6-8-4-1-2-7-3-5(4)9-6/h1-3,6,8-10H. The van der Waals surface area contributed by atoms with Gasteiger partial charge in [0.2, 0.25) is 6.35 Å². The molecule has 1 aromatic heterocycles. The van der Waals surface area contributed by atoms with Crippen LogP contribution in [0.2, 0.25) is 0 Å². The van der Waals surface area contributed by atoms with Crippen LogP contribution in [0.5, 0.6) is 0 Å². The van der Waals surface area contributed by atoms with Crippen LogP contribution >= 0.6 is 0 Å². The van der Waals surface area contributed by atoms with E-state index < -0.39 is 6.35 Å². The molecule has 0 radical (unpaired) electrons. The zero-order valence-corrected chi connectivity index (χ0v) is 5.20. The Hall–Kier alpha value is -1.29. The Bertz CT molecular complexity index is 226. The van der Waals surface area contributed by atoms with Crippen LogP contribution in [0.15, 0.2) is 18.5 Å². The fraction of sp³-hybridized carbons (Fsp3) is 0.167. The number of hydrogen-bond acceptors (Lipinski definition) is 4. The van der Waals surface area contributed by atoms with Crippen molar-refractivity contribution < 1.29 is 5.11 Å². The predicted molar refractivity (Wildman–Crippen MR) is 37.5 cm³/mol. The van der Waals surface area contributed by atoms with Gasteiger partial charge in [0.05, 0.1) is 17.6 Å². The van der Waals surface area contributed by atoms with Crippen LogP contribution in [-0.4, -0.2) is 16.4 Å². The predicted octanol–water partition coefficient (Wildman–Crippen LogP) is 0.195. The fourth-order valence-electron chi connectivity index (χ4n) is 0.966. The van der Waals surface area contributed by atoms with E-state index in [-0.39, 0.29) is 0 Å². The van der Waals surface area contributed by atoms with Crippen LogP contribution in [0.1, 0.15) is 0 Å². The molecule has 4 heteroatoms. The number of anilines is 2. The highest BCUT2D eigenvalue weighted by molar-refractivity contribution is 5.72. The lowest BCUT2D eigenvalue weighted by Gasteiger charge is -2.00. The number of hydrogen-bond donors (Lipinski definition) is 3. The van der Waals surface area contributed by atoms with Gasteiger partial charge in [-0.3, -0.25) is 4.98 Å². The van der Waals surface area contributed by atoms with Crippen LogP contribution in [0, 0.1) is 0 Å². The molecule has 0 spiro atoms. The Morgan fingerprint density at radius 1 is 1.40 bits per heavy atom. The minimum absolute atomic E-state index is 0.667. The third-order valence-corrected chi connectivity index (χ3v) is 1.41. The fourth-order valence-corrected chi connectivity index (χ4v) is 0.966. The van der Waals surface area contributed by atoms with Crippen LogP contribution in [0.3, 0.4) is 0 Å². The number of nitrogens with one attached hydrogen (secondary N) is 2. The van der Waals surface area contributed by atoms with Crippen LogP contribution in [0.4, 0.5) is 11.4 Å². The van der Waals surface area contributed by atoms with Crippen molar-refractivity contribution in [2.45, 2.75) is 6.35 Å². The molecule has 1 aliphatic rings. The molecule has 0 aliphatic carbocycles. The minimum atomic E-state index is -0.667. The number of nitrogens with zero attached hydrogens (tertiary/aromatic N) is 1. The molecule has 0 saturated heterocycles. The maximum atomic E-state index is 9.00. The summed E-state index contributed by atoms with van der Waals surface area (Å²) in [6.07, 6.45) is 2.67. The number of aliphatic hydroxyl groups is 1. The van der Waals surface area contributed by atoms with E-state index in [0.717, 1.165) is 11.4 Å². The zero-order valence-electron chi connectivity index (χ0n) is 5.20. The van der Waals surface area contributed by atoms with Crippen molar-refractivity contribution in [3.05, 3.63) is 18.5 Å². The molecule has 0 bridgehead atoms. The summed E-state index contributed by atoms with van der Waals surface area (Å²) in [5, 5.41) is 14.6. The van der Waals surface area contributed by atoms with Gasteiger partial charge < -0.3 is 15.7 Å². The average molecular weight is 137 g/mol. The molecule has 1 unspecified atom stereocenters. The highest BCUT2D eigenvalue weighted by Crippen LogP contribution is 2.25. The van der Waals surface area contributed by atoms with Crippen LogP contribution < -0.4 is 10.6 Å². The number of aromatic nitrogens is 1. The summed E-state index contributed by atoms with van der Waals surface area (Å²) in [5.41, 5.74) is 1.73. The summed E-state index contributed by atoms with van der Waals surface area (Å²) in [5.74, 6) is 0. The van der Waals surface area contributed by atoms with E-state index in [1.165, 1.54) is 0 Å². The summed E-state index contributed by atoms with van der Waals surface area (Å²) >= 11 is 0. The van der Waals surface area contributed by atoms with Gasteiger partial charge in [0.15, 0.2) is 0 Å². The molecule has 1 aromatic rings. The summed E-state index contributed by atoms with van der Waals surface area (Å²) < 4.78 is 0. The normalized spacial score (nSPS) is 21.1. The lowest BCUT2D eigenvalue weighted by atomic mass is 10.4. The molecule has 1 atom stereocenters. The maximum absolute atomic E-state index is 9.00. The van der Waals surface area contributed by atoms with Crippen molar-refractivity contribution in [3.63, 3.8) is 0 Å². The van der Waals surface area contributed by atoms with Gasteiger partial charge in [0.25, 0.3) is 0 Å². The van der Waals surface area contributed by atoms with Gasteiger partial charge in [0.1, 0.15) is 0 Å². The molecule has 2 rings (SSSR count). The van der Waals surface area contributed by atoms with Gasteiger partial charge in [-0.05, 0) is 6.07 Å². The Balaban J connectivity index is 2.42. The molecule has 0 fully saturated rings. The summed E-state index contributed by atoms with van der Waals surface area (Å²) in [6, 6.07) is 1.80. The van der Waals surface area contributed by atoms with Gasteiger partial charge in [-0.25, -0.2) is 0 Å². The first-order chi connectivity index (χ1) is 4.86. The van der Waals surface area contributed by atoms with Crippen LogP contribution in [-0.2, 0) is 0 Å². The molecular formula is C6H7N3O. The Morgan fingerprint density at radius 2 is 2.20 bits per heavy atom. The first-order valence-corrected chi connectivity index (χ1v) is 3.01. The lowest BCUT2D eigenvalue weighted by Crippen LogP contribution is -2.20. The molecule has 0 aromatic carbocycles. The van der Waals surface area contributed by atoms with Crippen molar-refractivity contribution in [2.75, 3.05) is 10.6 Å². The number of aliphatic hydroxyl groups excluding tert-OH is 1. The van der Waals surface area contributed by atoms with Gasteiger partial charge >= 0.3 is 0 Å². The molecule has 1 aliphatic heterocycles. The third kappa shape index (κ3) is 0.698. The van der Waals surface area contributed by atoms with E-state index in [1.807, 2.05) is 0 Å². The summed E-state index contributed by atoms with van der Waals surface area (Å²) in [6.45, 7) is 0. The second-order valence-electron chi connectivity index (χ2n) is 2.11. The van der Waals surface area contributed by atoms with Crippen molar-refractivity contribution in [2.24, 2.45) is 0 Å². The van der Waals surface area contributed by atoms with Crippen molar-refractivity contribution in [1.82, 2.24) is 4.98 Å². The highest BCUT2D eigenvalue weighted by atomic mass is 16.3. The first kappa shape index (κ1) is 5.49. The zero-order chi connectivity index (χ0) is 6.97. The molecule has 2 heterocycles. The number of rotatable bonds is 0. The van der Waals surface area contributed by atoms with E-state index >= 15 is 0 Å². The number of pyridine rings is 1. The molecular weight excluding hydrogens is 130 g/mol. The van der Waals surface area contributed by atoms with E-state index in [9.17, 15) is 0 Å². The quantitative estimate of drug-likeness (QED) is 0.478.